The van der Waals surface area contributed by atoms with Crippen molar-refractivity contribution in [2.24, 2.45) is 5.41 Å². The Kier molecular flexibility index (Phi) is 6.23. The van der Waals surface area contributed by atoms with E-state index < -0.39 is 5.92 Å². The number of hydrogen-bond donors (Lipinski definition) is 2. The lowest BCUT2D eigenvalue weighted by Crippen LogP contribution is -2.37. The fourth-order valence-electron chi connectivity index (χ4n) is 4.94. The fraction of sp³-hybridized carbons (Fsp3) is 0.296. The number of Topliss-reactive ketones (excluding diaryl/α,β-unsaturated/α-hetero) is 1. The first-order valence-corrected chi connectivity index (χ1v) is 12.8. The van der Waals surface area contributed by atoms with Gasteiger partial charge in [-0.3, -0.25) is 9.59 Å². The zero-order valence-corrected chi connectivity index (χ0v) is 21.3. The van der Waals surface area contributed by atoms with Gasteiger partial charge < -0.3 is 15.0 Å². The van der Waals surface area contributed by atoms with Crippen molar-refractivity contribution < 1.29 is 9.53 Å². The molecule has 35 heavy (non-hydrogen) atoms. The highest BCUT2D eigenvalue weighted by atomic mass is 35.5. The molecule has 2 aromatic carbocycles. The topological polar surface area (TPSA) is 84.1 Å². The second kappa shape index (κ2) is 9.21. The van der Waals surface area contributed by atoms with Crippen molar-refractivity contribution in [1.29, 1.82) is 0 Å². The molecular weight excluding hydrogens is 482 g/mol. The van der Waals surface area contributed by atoms with Crippen LogP contribution in [0.1, 0.15) is 49.3 Å². The molecule has 1 aromatic heterocycles. The van der Waals surface area contributed by atoms with Crippen LogP contribution in [0.2, 0.25) is 5.02 Å². The summed E-state index contributed by atoms with van der Waals surface area (Å²) in [4.78, 5) is 34.6. The van der Waals surface area contributed by atoms with E-state index in [1.807, 2.05) is 48.5 Å². The minimum absolute atomic E-state index is 0.0434. The standard InChI is InChI=1S/C27H26ClN3O3S/c1-27(2)12-18-22(19(32)13-27)21(16-9-5-7-11-20(16)34-3)23-24(29-18)30-26(31-25(23)33)35-14-15-8-4-6-10-17(15)28/h4-11,21H,12-14H2,1-3H3,(H2,29,30,31,33)/t21-/m0/s1. The number of thioether (sulfide) groups is 1. The van der Waals surface area contributed by atoms with Crippen LogP contribution < -0.4 is 15.6 Å². The lowest BCUT2D eigenvalue weighted by molar-refractivity contribution is -0.118. The lowest BCUT2D eigenvalue weighted by atomic mass is 9.69. The van der Waals surface area contributed by atoms with Gasteiger partial charge in [-0.2, -0.15) is 0 Å². The first-order chi connectivity index (χ1) is 16.8. The van der Waals surface area contributed by atoms with Gasteiger partial charge >= 0.3 is 0 Å². The van der Waals surface area contributed by atoms with Crippen LogP contribution in [0.5, 0.6) is 5.75 Å². The second-order valence-electron chi connectivity index (χ2n) is 9.65. The number of anilines is 1. The van der Waals surface area contributed by atoms with Crippen LogP contribution in [0, 0.1) is 5.41 Å². The fourth-order valence-corrected chi connectivity index (χ4v) is 6.09. The van der Waals surface area contributed by atoms with E-state index in [0.29, 0.717) is 51.5 Å². The van der Waals surface area contributed by atoms with E-state index in [1.54, 1.807) is 7.11 Å². The highest BCUT2D eigenvalue weighted by molar-refractivity contribution is 7.98. The molecule has 0 amide bonds. The van der Waals surface area contributed by atoms with Gasteiger partial charge in [-0.05, 0) is 29.5 Å². The maximum atomic E-state index is 13.5. The average Bonchev–Trinajstić information content (AvgIpc) is 2.81. The zero-order chi connectivity index (χ0) is 24.7. The third kappa shape index (κ3) is 4.50. The summed E-state index contributed by atoms with van der Waals surface area (Å²) in [5, 5.41) is 4.53. The Morgan fingerprint density at radius 3 is 2.63 bits per heavy atom. The molecule has 2 N–H and O–H groups in total. The Balaban J connectivity index is 1.62. The summed E-state index contributed by atoms with van der Waals surface area (Å²) in [5.74, 6) is 1.17. The van der Waals surface area contributed by atoms with Crippen LogP contribution in [0.25, 0.3) is 0 Å². The number of rotatable bonds is 5. The van der Waals surface area contributed by atoms with Crippen LogP contribution in [0.3, 0.4) is 0 Å². The van der Waals surface area contributed by atoms with Gasteiger partial charge in [0, 0.05) is 34.0 Å². The molecule has 3 aromatic rings. The number of benzene rings is 2. The Morgan fingerprint density at radius 2 is 1.86 bits per heavy atom. The van der Waals surface area contributed by atoms with E-state index in [2.05, 4.69) is 24.1 Å². The summed E-state index contributed by atoms with van der Waals surface area (Å²) in [6.07, 6.45) is 1.11. The van der Waals surface area contributed by atoms with Gasteiger partial charge in [-0.25, -0.2) is 4.98 Å². The van der Waals surface area contributed by atoms with Gasteiger partial charge in [0.2, 0.25) is 0 Å². The van der Waals surface area contributed by atoms with E-state index in [1.165, 1.54) is 11.8 Å². The Bertz CT molecular complexity index is 1410. The van der Waals surface area contributed by atoms with Gasteiger partial charge in [-0.15, -0.1) is 0 Å². The third-order valence-electron chi connectivity index (χ3n) is 6.47. The molecule has 8 heteroatoms. The molecule has 0 radical (unpaired) electrons. The number of halogens is 1. The van der Waals surface area contributed by atoms with Crippen LogP contribution in [-0.2, 0) is 10.5 Å². The molecule has 0 saturated carbocycles. The minimum Gasteiger partial charge on any atom is -0.496 e. The van der Waals surface area contributed by atoms with Crippen molar-refractivity contribution in [3.8, 4) is 5.75 Å². The maximum Gasteiger partial charge on any atom is 0.257 e. The summed E-state index contributed by atoms with van der Waals surface area (Å²) in [6, 6.07) is 15.1. The van der Waals surface area contributed by atoms with Crippen LogP contribution >= 0.6 is 23.4 Å². The number of para-hydroxylation sites is 1. The van der Waals surface area contributed by atoms with E-state index in [-0.39, 0.29) is 16.8 Å². The van der Waals surface area contributed by atoms with Gasteiger partial charge in [-0.1, -0.05) is 73.6 Å². The molecule has 180 valence electrons. The smallest absolute Gasteiger partial charge is 0.257 e. The normalized spacial score (nSPS) is 18.5. The summed E-state index contributed by atoms with van der Waals surface area (Å²) in [7, 11) is 1.60. The summed E-state index contributed by atoms with van der Waals surface area (Å²) < 4.78 is 5.63. The first kappa shape index (κ1) is 23.7. The molecule has 0 bridgehead atoms. The number of H-pyrrole nitrogens is 1. The SMILES string of the molecule is COc1ccccc1[C@H]1C2=C(CC(C)(C)CC2=O)Nc2nc(SCc3ccccc3Cl)[nH]c(=O)c21. The van der Waals surface area contributed by atoms with Crippen molar-refractivity contribution in [2.75, 3.05) is 12.4 Å². The quantitative estimate of drug-likeness (QED) is 0.329. The van der Waals surface area contributed by atoms with Crippen molar-refractivity contribution in [1.82, 2.24) is 9.97 Å². The van der Waals surface area contributed by atoms with Crippen molar-refractivity contribution >= 4 is 35.0 Å². The number of fused-ring (bicyclic) bond motifs is 1. The number of ketones is 1. The number of carbonyl (C=O) groups is 1. The number of nitrogens with zero attached hydrogens (tertiary/aromatic N) is 1. The van der Waals surface area contributed by atoms with E-state index >= 15 is 0 Å². The highest BCUT2D eigenvalue weighted by Crippen LogP contribution is 2.49. The molecule has 0 unspecified atom stereocenters. The first-order valence-electron chi connectivity index (χ1n) is 11.4. The van der Waals surface area contributed by atoms with Crippen LogP contribution in [0.4, 0.5) is 5.82 Å². The Labute approximate surface area is 213 Å². The molecule has 6 nitrogen and oxygen atoms in total. The molecular formula is C27H26ClN3O3S. The van der Waals surface area contributed by atoms with Crippen LogP contribution in [0.15, 0.2) is 69.8 Å². The number of nitrogens with one attached hydrogen (secondary N) is 2. The Morgan fingerprint density at radius 1 is 1.11 bits per heavy atom. The number of hydrogen-bond acceptors (Lipinski definition) is 6. The minimum atomic E-state index is -0.556. The lowest BCUT2D eigenvalue weighted by Gasteiger charge is -2.38. The number of aromatic amines is 1. The molecule has 0 fully saturated rings. The van der Waals surface area contributed by atoms with Gasteiger partial charge in [0.05, 0.1) is 18.6 Å². The van der Waals surface area contributed by atoms with Crippen molar-refractivity contribution in [2.45, 2.75) is 43.5 Å². The molecule has 2 aliphatic rings. The predicted octanol–water partition coefficient (Wildman–Crippen LogP) is 5.92. The molecule has 1 aliphatic carbocycles. The summed E-state index contributed by atoms with van der Waals surface area (Å²) in [6.45, 7) is 4.17. The van der Waals surface area contributed by atoms with Crippen molar-refractivity contribution in [3.05, 3.63) is 91.9 Å². The Hall–Kier alpha value is -3.03. The molecule has 0 spiro atoms. The number of methoxy groups -OCH3 is 1. The van der Waals surface area contributed by atoms with E-state index in [4.69, 9.17) is 21.3 Å². The number of allylic oxidation sites excluding steroid dienone is 2. The molecule has 1 atom stereocenters. The van der Waals surface area contributed by atoms with Crippen molar-refractivity contribution in [3.63, 3.8) is 0 Å². The monoisotopic (exact) mass is 507 g/mol. The molecule has 0 saturated heterocycles. The predicted molar refractivity (Wildman–Crippen MR) is 139 cm³/mol. The highest BCUT2D eigenvalue weighted by Gasteiger charge is 2.43. The molecule has 2 heterocycles. The number of carbonyl (C=O) groups excluding carboxylic acids is 1. The van der Waals surface area contributed by atoms with Gasteiger partial charge in [0.15, 0.2) is 10.9 Å². The second-order valence-corrected chi connectivity index (χ2v) is 11.0. The van der Waals surface area contributed by atoms with Gasteiger partial charge in [0.25, 0.3) is 5.56 Å². The largest absolute Gasteiger partial charge is 0.496 e. The van der Waals surface area contributed by atoms with E-state index in [9.17, 15) is 9.59 Å². The molecule has 1 aliphatic heterocycles. The van der Waals surface area contributed by atoms with Crippen LogP contribution in [-0.4, -0.2) is 22.9 Å². The third-order valence-corrected chi connectivity index (χ3v) is 7.76. The number of ether oxygens (including phenoxy) is 1. The maximum absolute atomic E-state index is 13.5. The summed E-state index contributed by atoms with van der Waals surface area (Å²) in [5.41, 5.74) is 3.17. The van der Waals surface area contributed by atoms with Gasteiger partial charge in [0.1, 0.15) is 11.6 Å². The zero-order valence-electron chi connectivity index (χ0n) is 19.8. The molecule has 5 rings (SSSR count). The number of aromatic nitrogens is 2. The average molecular weight is 508 g/mol. The summed E-state index contributed by atoms with van der Waals surface area (Å²) >= 11 is 7.71. The van der Waals surface area contributed by atoms with E-state index in [0.717, 1.165) is 16.8 Å².